The van der Waals surface area contributed by atoms with Crippen LogP contribution in [0.2, 0.25) is 0 Å². The van der Waals surface area contributed by atoms with Gasteiger partial charge in [0.15, 0.2) is 0 Å². The van der Waals surface area contributed by atoms with Gasteiger partial charge in [-0.05, 0) is 36.6 Å². The van der Waals surface area contributed by atoms with Gasteiger partial charge in [0.05, 0.1) is 0 Å². The van der Waals surface area contributed by atoms with E-state index < -0.39 is 0 Å². The average Bonchev–Trinajstić information content (AvgIpc) is 2.98. The Morgan fingerprint density at radius 1 is 1.33 bits per heavy atom. The Labute approximate surface area is 134 Å². The molecule has 1 aliphatic heterocycles. The molecule has 0 saturated carbocycles. The second-order valence-electron chi connectivity index (χ2n) is 7.04. The number of piperazine rings is 1. The van der Waals surface area contributed by atoms with E-state index in [2.05, 4.69) is 62.3 Å². The molecule has 0 amide bonds. The largest absolute Gasteiger partial charge is 0.311 e. The Morgan fingerprint density at radius 2 is 2.10 bits per heavy atom. The Morgan fingerprint density at radius 3 is 2.67 bits per heavy atom. The lowest BCUT2D eigenvalue weighted by molar-refractivity contribution is 0.0496. The predicted molar refractivity (Wildman–Crippen MR) is 94.1 cm³/mol. The highest BCUT2D eigenvalue weighted by atomic mass is 32.1. The molecular formula is C18H32N2S. The summed E-state index contributed by atoms with van der Waals surface area (Å²) in [6.45, 7) is 14.2. The summed E-state index contributed by atoms with van der Waals surface area (Å²) in [5, 5.41) is 6.00. The zero-order chi connectivity index (χ0) is 15.4. The molecule has 0 radical (unpaired) electrons. The van der Waals surface area contributed by atoms with Crippen molar-refractivity contribution in [2.45, 2.75) is 65.6 Å². The van der Waals surface area contributed by atoms with E-state index in [0.29, 0.717) is 24.0 Å². The van der Waals surface area contributed by atoms with Crippen molar-refractivity contribution in [1.82, 2.24) is 10.2 Å². The molecule has 2 heterocycles. The number of nitrogens with zero attached hydrogens (tertiary/aromatic N) is 1. The molecule has 1 aromatic rings. The molecule has 4 unspecified atom stereocenters. The van der Waals surface area contributed by atoms with Gasteiger partial charge in [0.1, 0.15) is 0 Å². The molecule has 1 fully saturated rings. The minimum Gasteiger partial charge on any atom is -0.311 e. The first kappa shape index (κ1) is 17.0. The summed E-state index contributed by atoms with van der Waals surface area (Å²) in [5.74, 6) is 1.47. The van der Waals surface area contributed by atoms with Gasteiger partial charge in [-0.3, -0.25) is 4.90 Å². The number of rotatable bonds is 6. The molecule has 1 saturated heterocycles. The lowest BCUT2D eigenvalue weighted by atomic mass is 9.90. The zero-order valence-electron chi connectivity index (χ0n) is 14.3. The zero-order valence-corrected chi connectivity index (χ0v) is 15.1. The molecule has 1 N–H and O–H groups in total. The standard InChI is InChI=1S/C18H32N2S/c1-6-14(4)17-12-20(18(11-19-17)13(2)3)15(5)10-16-8-7-9-21-16/h7-9,13-15,17-19H,6,10-12H2,1-5H3. The van der Waals surface area contributed by atoms with Gasteiger partial charge >= 0.3 is 0 Å². The quantitative estimate of drug-likeness (QED) is 0.854. The smallest absolute Gasteiger partial charge is 0.0247 e. The first-order chi connectivity index (χ1) is 10.0. The normalized spacial score (nSPS) is 27.0. The van der Waals surface area contributed by atoms with Gasteiger partial charge in [0.25, 0.3) is 0 Å². The molecule has 3 heteroatoms. The maximum Gasteiger partial charge on any atom is 0.0247 e. The summed E-state index contributed by atoms with van der Waals surface area (Å²) >= 11 is 1.89. The van der Waals surface area contributed by atoms with Crippen molar-refractivity contribution >= 4 is 11.3 Å². The molecule has 21 heavy (non-hydrogen) atoms. The number of hydrogen-bond donors (Lipinski definition) is 1. The van der Waals surface area contributed by atoms with E-state index in [-0.39, 0.29) is 0 Å². The van der Waals surface area contributed by atoms with Gasteiger partial charge in [0.2, 0.25) is 0 Å². The van der Waals surface area contributed by atoms with Crippen molar-refractivity contribution in [2.24, 2.45) is 11.8 Å². The van der Waals surface area contributed by atoms with Crippen LogP contribution < -0.4 is 5.32 Å². The summed E-state index contributed by atoms with van der Waals surface area (Å²) in [7, 11) is 0. The third kappa shape index (κ3) is 4.30. The van der Waals surface area contributed by atoms with Crippen molar-refractivity contribution in [1.29, 1.82) is 0 Å². The molecule has 1 aliphatic rings. The van der Waals surface area contributed by atoms with E-state index >= 15 is 0 Å². The van der Waals surface area contributed by atoms with Gasteiger partial charge in [-0.25, -0.2) is 0 Å². The van der Waals surface area contributed by atoms with E-state index in [1.807, 2.05) is 11.3 Å². The first-order valence-corrected chi connectivity index (χ1v) is 9.42. The lowest BCUT2D eigenvalue weighted by Crippen LogP contribution is -2.62. The van der Waals surface area contributed by atoms with Gasteiger partial charge in [-0.2, -0.15) is 0 Å². The summed E-state index contributed by atoms with van der Waals surface area (Å²) in [6.07, 6.45) is 2.45. The van der Waals surface area contributed by atoms with Crippen LogP contribution in [-0.4, -0.2) is 36.1 Å². The van der Waals surface area contributed by atoms with Gasteiger partial charge in [-0.1, -0.05) is 40.2 Å². The lowest BCUT2D eigenvalue weighted by Gasteiger charge is -2.47. The van der Waals surface area contributed by atoms with Crippen LogP contribution in [0.15, 0.2) is 17.5 Å². The molecule has 0 bridgehead atoms. The van der Waals surface area contributed by atoms with Gasteiger partial charge in [-0.15, -0.1) is 11.3 Å². The number of thiophene rings is 1. The molecule has 0 spiro atoms. The fourth-order valence-corrected chi connectivity index (χ4v) is 4.27. The van der Waals surface area contributed by atoms with E-state index in [0.717, 1.165) is 12.5 Å². The highest BCUT2D eigenvalue weighted by Gasteiger charge is 2.34. The Hall–Kier alpha value is -0.380. The SMILES string of the molecule is CCC(C)C1CN(C(C)Cc2cccs2)C(C(C)C)CN1. The van der Waals surface area contributed by atoms with E-state index in [1.54, 1.807) is 0 Å². The summed E-state index contributed by atoms with van der Waals surface area (Å²) < 4.78 is 0. The average molecular weight is 309 g/mol. The third-order valence-corrected chi connectivity index (χ3v) is 6.06. The maximum absolute atomic E-state index is 3.81. The van der Waals surface area contributed by atoms with Crippen LogP contribution in [-0.2, 0) is 6.42 Å². The number of hydrogen-bond acceptors (Lipinski definition) is 3. The minimum atomic E-state index is 0.629. The molecular weight excluding hydrogens is 276 g/mol. The van der Waals surface area contributed by atoms with Crippen molar-refractivity contribution in [3.8, 4) is 0 Å². The Bertz CT molecular complexity index is 401. The molecule has 120 valence electrons. The molecule has 2 rings (SSSR count). The van der Waals surface area contributed by atoms with Gasteiger partial charge in [0, 0.05) is 36.1 Å². The molecule has 0 aliphatic carbocycles. The third-order valence-electron chi connectivity index (χ3n) is 5.17. The first-order valence-electron chi connectivity index (χ1n) is 8.54. The predicted octanol–water partition coefficient (Wildman–Crippen LogP) is 4.02. The molecule has 1 aromatic heterocycles. The van der Waals surface area contributed by atoms with E-state index in [9.17, 15) is 0 Å². The van der Waals surface area contributed by atoms with Crippen LogP contribution in [0.4, 0.5) is 0 Å². The maximum atomic E-state index is 3.81. The Balaban J connectivity index is 2.05. The van der Waals surface area contributed by atoms with Crippen molar-refractivity contribution in [3.05, 3.63) is 22.4 Å². The van der Waals surface area contributed by atoms with Gasteiger partial charge < -0.3 is 5.32 Å². The van der Waals surface area contributed by atoms with E-state index in [4.69, 9.17) is 0 Å². The van der Waals surface area contributed by atoms with Crippen LogP contribution in [0.5, 0.6) is 0 Å². The van der Waals surface area contributed by atoms with Crippen LogP contribution in [0.1, 0.15) is 45.9 Å². The van der Waals surface area contributed by atoms with Crippen LogP contribution in [0.3, 0.4) is 0 Å². The van der Waals surface area contributed by atoms with Crippen LogP contribution >= 0.6 is 11.3 Å². The molecule has 0 aromatic carbocycles. The van der Waals surface area contributed by atoms with E-state index in [1.165, 1.54) is 24.3 Å². The second-order valence-corrected chi connectivity index (χ2v) is 8.07. The fraction of sp³-hybridized carbons (Fsp3) is 0.778. The summed E-state index contributed by atoms with van der Waals surface area (Å²) in [6, 6.07) is 6.40. The second kappa shape index (κ2) is 7.75. The fourth-order valence-electron chi connectivity index (χ4n) is 3.44. The van der Waals surface area contributed by atoms with Crippen molar-refractivity contribution < 1.29 is 0 Å². The number of nitrogens with one attached hydrogen (secondary N) is 1. The summed E-state index contributed by atoms with van der Waals surface area (Å²) in [4.78, 5) is 4.29. The topological polar surface area (TPSA) is 15.3 Å². The highest BCUT2D eigenvalue weighted by Crippen LogP contribution is 2.24. The highest BCUT2D eigenvalue weighted by molar-refractivity contribution is 7.09. The van der Waals surface area contributed by atoms with Crippen LogP contribution in [0, 0.1) is 11.8 Å². The molecule has 4 atom stereocenters. The van der Waals surface area contributed by atoms with Crippen molar-refractivity contribution in [2.75, 3.05) is 13.1 Å². The Kier molecular flexibility index (Phi) is 6.27. The monoisotopic (exact) mass is 308 g/mol. The minimum absolute atomic E-state index is 0.629. The summed E-state index contributed by atoms with van der Waals surface area (Å²) in [5.41, 5.74) is 0. The molecule has 2 nitrogen and oxygen atoms in total. The van der Waals surface area contributed by atoms with Crippen LogP contribution in [0.25, 0.3) is 0 Å². The van der Waals surface area contributed by atoms with Crippen molar-refractivity contribution in [3.63, 3.8) is 0 Å².